The third kappa shape index (κ3) is 3.53. The van der Waals surface area contributed by atoms with Crippen molar-refractivity contribution in [1.82, 2.24) is 9.80 Å². The largest absolute Gasteiger partial charge is 0.395 e. The van der Waals surface area contributed by atoms with Crippen LogP contribution in [0, 0.1) is 0 Å². The standard InChI is InChI=1S/C10H22N2O2/c1-11(5-7-13)10-3-4-12(9-10)6-8-14-2/h10,13H,3-9H2,1-2H3. The third-order valence-corrected chi connectivity index (χ3v) is 2.94. The van der Waals surface area contributed by atoms with Gasteiger partial charge in [-0.25, -0.2) is 0 Å². The molecule has 1 heterocycles. The van der Waals surface area contributed by atoms with Crippen LogP contribution < -0.4 is 0 Å². The Hall–Kier alpha value is -0.160. The van der Waals surface area contributed by atoms with E-state index in [2.05, 4.69) is 16.8 Å². The van der Waals surface area contributed by atoms with Gasteiger partial charge in [-0.05, 0) is 20.0 Å². The van der Waals surface area contributed by atoms with E-state index in [0.717, 1.165) is 32.8 Å². The van der Waals surface area contributed by atoms with Gasteiger partial charge in [-0.1, -0.05) is 0 Å². The summed E-state index contributed by atoms with van der Waals surface area (Å²) < 4.78 is 5.05. The molecule has 0 spiro atoms. The monoisotopic (exact) mass is 202 g/mol. The Morgan fingerprint density at radius 3 is 3.00 bits per heavy atom. The van der Waals surface area contributed by atoms with E-state index in [1.165, 1.54) is 6.42 Å². The third-order valence-electron chi connectivity index (χ3n) is 2.94. The van der Waals surface area contributed by atoms with Crippen molar-refractivity contribution in [2.75, 3.05) is 53.6 Å². The first kappa shape index (κ1) is 11.9. The topological polar surface area (TPSA) is 35.9 Å². The molecule has 1 atom stereocenters. The number of methoxy groups -OCH3 is 1. The van der Waals surface area contributed by atoms with Crippen molar-refractivity contribution < 1.29 is 9.84 Å². The summed E-state index contributed by atoms with van der Waals surface area (Å²) in [4.78, 5) is 4.66. The quantitative estimate of drug-likeness (QED) is 0.637. The van der Waals surface area contributed by atoms with E-state index < -0.39 is 0 Å². The van der Waals surface area contributed by atoms with Gasteiger partial charge in [0, 0.05) is 32.8 Å². The maximum Gasteiger partial charge on any atom is 0.0589 e. The van der Waals surface area contributed by atoms with Gasteiger partial charge in [0.05, 0.1) is 13.2 Å². The van der Waals surface area contributed by atoms with Crippen molar-refractivity contribution in [2.24, 2.45) is 0 Å². The van der Waals surface area contributed by atoms with Crippen molar-refractivity contribution in [2.45, 2.75) is 12.5 Å². The fraction of sp³-hybridized carbons (Fsp3) is 1.00. The minimum absolute atomic E-state index is 0.255. The minimum Gasteiger partial charge on any atom is -0.395 e. The first-order valence-electron chi connectivity index (χ1n) is 5.30. The molecule has 1 unspecified atom stereocenters. The number of aliphatic hydroxyl groups excluding tert-OH is 1. The van der Waals surface area contributed by atoms with Crippen LogP contribution in [0.4, 0.5) is 0 Å². The second kappa shape index (κ2) is 6.35. The van der Waals surface area contributed by atoms with Crippen LogP contribution in [-0.4, -0.2) is 74.5 Å². The van der Waals surface area contributed by atoms with Gasteiger partial charge >= 0.3 is 0 Å². The average molecular weight is 202 g/mol. The summed E-state index contributed by atoms with van der Waals surface area (Å²) in [6, 6.07) is 0.610. The molecule has 14 heavy (non-hydrogen) atoms. The summed E-state index contributed by atoms with van der Waals surface area (Å²) in [6.07, 6.45) is 1.21. The van der Waals surface area contributed by atoms with E-state index in [1.807, 2.05) is 0 Å². The first-order chi connectivity index (χ1) is 6.77. The van der Waals surface area contributed by atoms with E-state index in [0.29, 0.717) is 6.04 Å². The second-order valence-electron chi connectivity index (χ2n) is 3.94. The molecule has 4 heteroatoms. The predicted molar refractivity (Wildman–Crippen MR) is 56.4 cm³/mol. The van der Waals surface area contributed by atoms with Gasteiger partial charge in [0.1, 0.15) is 0 Å². The highest BCUT2D eigenvalue weighted by Gasteiger charge is 2.24. The lowest BCUT2D eigenvalue weighted by Gasteiger charge is -2.23. The van der Waals surface area contributed by atoms with Crippen LogP contribution in [0.5, 0.6) is 0 Å². The molecule has 1 rings (SSSR count). The van der Waals surface area contributed by atoms with Gasteiger partial charge in [0.2, 0.25) is 0 Å². The molecule has 0 aliphatic carbocycles. The SMILES string of the molecule is COCCN1CCC(N(C)CCO)C1. The summed E-state index contributed by atoms with van der Waals surface area (Å²) in [5.41, 5.74) is 0. The summed E-state index contributed by atoms with van der Waals surface area (Å²) >= 11 is 0. The summed E-state index contributed by atoms with van der Waals surface area (Å²) in [5.74, 6) is 0. The fourth-order valence-electron chi connectivity index (χ4n) is 1.94. The zero-order valence-corrected chi connectivity index (χ0v) is 9.28. The summed E-state index contributed by atoms with van der Waals surface area (Å²) in [7, 11) is 3.83. The highest BCUT2D eigenvalue weighted by molar-refractivity contribution is 4.81. The molecule has 0 amide bonds. The maximum absolute atomic E-state index is 8.83. The van der Waals surface area contributed by atoms with Crippen molar-refractivity contribution in [1.29, 1.82) is 0 Å². The van der Waals surface area contributed by atoms with E-state index in [1.54, 1.807) is 7.11 Å². The van der Waals surface area contributed by atoms with Crippen molar-refractivity contribution >= 4 is 0 Å². The Bertz CT molecular complexity index is 155. The van der Waals surface area contributed by atoms with Crippen LogP contribution in [0.15, 0.2) is 0 Å². The van der Waals surface area contributed by atoms with Crippen molar-refractivity contribution in [3.05, 3.63) is 0 Å². The molecule has 1 aliphatic rings. The van der Waals surface area contributed by atoms with E-state index in [-0.39, 0.29) is 6.61 Å². The highest BCUT2D eigenvalue weighted by atomic mass is 16.5. The molecule has 0 aromatic rings. The molecule has 0 aromatic carbocycles. The van der Waals surface area contributed by atoms with Crippen LogP contribution in [0.2, 0.25) is 0 Å². The zero-order chi connectivity index (χ0) is 10.4. The van der Waals surface area contributed by atoms with E-state index in [9.17, 15) is 0 Å². The Morgan fingerprint density at radius 2 is 2.36 bits per heavy atom. The maximum atomic E-state index is 8.83. The molecule has 0 saturated carbocycles. The number of nitrogens with zero attached hydrogens (tertiary/aromatic N) is 2. The van der Waals surface area contributed by atoms with Gasteiger partial charge < -0.3 is 9.84 Å². The molecular weight excluding hydrogens is 180 g/mol. The Balaban J connectivity index is 2.19. The van der Waals surface area contributed by atoms with Crippen LogP contribution in [0.3, 0.4) is 0 Å². The number of likely N-dealkylation sites (N-methyl/N-ethyl adjacent to an activating group) is 1. The number of likely N-dealkylation sites (tertiary alicyclic amines) is 1. The molecule has 1 saturated heterocycles. The molecule has 1 fully saturated rings. The molecular formula is C10H22N2O2. The number of rotatable bonds is 6. The second-order valence-corrected chi connectivity index (χ2v) is 3.94. The van der Waals surface area contributed by atoms with E-state index >= 15 is 0 Å². The molecule has 0 aromatic heterocycles. The average Bonchev–Trinajstić information content (AvgIpc) is 2.63. The smallest absolute Gasteiger partial charge is 0.0589 e. The Labute approximate surface area is 86.4 Å². The van der Waals surface area contributed by atoms with Gasteiger partial charge in [-0.3, -0.25) is 9.80 Å². The number of hydrogen-bond donors (Lipinski definition) is 1. The Morgan fingerprint density at radius 1 is 1.57 bits per heavy atom. The molecule has 0 bridgehead atoms. The lowest BCUT2D eigenvalue weighted by molar-refractivity contribution is 0.148. The number of aliphatic hydroxyl groups is 1. The van der Waals surface area contributed by atoms with Crippen molar-refractivity contribution in [3.8, 4) is 0 Å². The fourth-order valence-corrected chi connectivity index (χ4v) is 1.94. The lowest BCUT2D eigenvalue weighted by Crippen LogP contribution is -2.36. The molecule has 4 nitrogen and oxygen atoms in total. The van der Waals surface area contributed by atoms with E-state index in [4.69, 9.17) is 9.84 Å². The first-order valence-corrected chi connectivity index (χ1v) is 5.30. The summed E-state index contributed by atoms with van der Waals surface area (Å²) in [6.45, 7) is 5.15. The van der Waals surface area contributed by atoms with Crippen LogP contribution in [0.1, 0.15) is 6.42 Å². The van der Waals surface area contributed by atoms with Crippen LogP contribution >= 0.6 is 0 Å². The molecule has 84 valence electrons. The normalized spacial score (nSPS) is 23.6. The zero-order valence-electron chi connectivity index (χ0n) is 9.28. The molecule has 0 radical (unpaired) electrons. The van der Waals surface area contributed by atoms with Crippen LogP contribution in [0.25, 0.3) is 0 Å². The molecule has 1 aliphatic heterocycles. The van der Waals surface area contributed by atoms with Gasteiger partial charge in [-0.2, -0.15) is 0 Å². The summed E-state index contributed by atoms with van der Waals surface area (Å²) in [5, 5.41) is 8.83. The van der Waals surface area contributed by atoms with Gasteiger partial charge in [0.15, 0.2) is 0 Å². The number of ether oxygens (including phenoxy) is 1. The van der Waals surface area contributed by atoms with Gasteiger partial charge in [0.25, 0.3) is 0 Å². The Kier molecular flexibility index (Phi) is 5.40. The number of hydrogen-bond acceptors (Lipinski definition) is 4. The van der Waals surface area contributed by atoms with Crippen LogP contribution in [-0.2, 0) is 4.74 Å². The van der Waals surface area contributed by atoms with Crippen molar-refractivity contribution in [3.63, 3.8) is 0 Å². The lowest BCUT2D eigenvalue weighted by atomic mass is 10.2. The minimum atomic E-state index is 0.255. The predicted octanol–water partition coefficient (Wildman–Crippen LogP) is -0.369. The highest BCUT2D eigenvalue weighted by Crippen LogP contribution is 2.13. The molecule has 1 N–H and O–H groups in total. The van der Waals surface area contributed by atoms with Gasteiger partial charge in [-0.15, -0.1) is 0 Å².